The highest BCUT2D eigenvalue weighted by molar-refractivity contribution is 7.09. The highest BCUT2D eigenvalue weighted by atomic mass is 32.1. The summed E-state index contributed by atoms with van der Waals surface area (Å²) in [6, 6.07) is 9.73. The first-order chi connectivity index (χ1) is 11.9. The maximum absolute atomic E-state index is 2.75. The van der Waals surface area contributed by atoms with E-state index in [1.807, 2.05) is 11.3 Å². The molecule has 4 heteroatoms. The molecule has 0 N–H and O–H groups in total. The monoisotopic (exact) mass is 343 g/mol. The number of rotatable bonds is 5. The maximum atomic E-state index is 2.75. The molecule has 0 bridgehead atoms. The minimum absolute atomic E-state index is 0.843. The van der Waals surface area contributed by atoms with Crippen molar-refractivity contribution in [2.45, 2.75) is 51.2 Å². The number of likely N-dealkylation sites (tertiary alicyclic amines) is 2. The zero-order valence-corrected chi connectivity index (χ0v) is 15.4. The van der Waals surface area contributed by atoms with Gasteiger partial charge in [-0.15, -0.1) is 11.3 Å². The van der Waals surface area contributed by atoms with Gasteiger partial charge < -0.3 is 9.47 Å². The molecule has 0 aliphatic carbocycles. The summed E-state index contributed by atoms with van der Waals surface area (Å²) in [5, 5.41) is 2.17. The summed E-state index contributed by atoms with van der Waals surface area (Å²) in [6.45, 7) is 7.32. The number of hydrogen-bond acceptors (Lipinski definition) is 3. The average molecular weight is 344 g/mol. The van der Waals surface area contributed by atoms with Crippen LogP contribution in [0.25, 0.3) is 0 Å². The van der Waals surface area contributed by atoms with Crippen molar-refractivity contribution in [2.75, 3.05) is 26.2 Å². The Morgan fingerprint density at radius 1 is 0.917 bits per heavy atom. The zero-order valence-electron chi connectivity index (χ0n) is 14.6. The molecule has 24 heavy (non-hydrogen) atoms. The zero-order chi connectivity index (χ0) is 16.2. The summed E-state index contributed by atoms with van der Waals surface area (Å²) >= 11 is 1.85. The molecule has 2 aromatic rings. The number of hydrogen-bond donors (Lipinski definition) is 0. The van der Waals surface area contributed by atoms with Gasteiger partial charge in [-0.25, -0.2) is 0 Å². The van der Waals surface area contributed by atoms with E-state index in [2.05, 4.69) is 50.2 Å². The smallest absolute Gasteiger partial charge is 0.0566 e. The van der Waals surface area contributed by atoms with Gasteiger partial charge in [0.1, 0.15) is 0 Å². The summed E-state index contributed by atoms with van der Waals surface area (Å²) in [5.41, 5.74) is 1.46. The van der Waals surface area contributed by atoms with E-state index < -0.39 is 0 Å². The van der Waals surface area contributed by atoms with Crippen molar-refractivity contribution in [3.8, 4) is 0 Å². The Morgan fingerprint density at radius 2 is 1.83 bits per heavy atom. The molecule has 0 spiro atoms. The van der Waals surface area contributed by atoms with Crippen molar-refractivity contribution < 1.29 is 0 Å². The lowest BCUT2D eigenvalue weighted by Gasteiger charge is -2.26. The van der Waals surface area contributed by atoms with E-state index in [1.165, 1.54) is 68.9 Å². The molecule has 4 heterocycles. The maximum Gasteiger partial charge on any atom is 0.0566 e. The molecule has 0 saturated carbocycles. The fraction of sp³-hybridized carbons (Fsp3) is 0.600. The topological polar surface area (TPSA) is 11.4 Å². The van der Waals surface area contributed by atoms with Gasteiger partial charge in [-0.05, 0) is 75.3 Å². The van der Waals surface area contributed by atoms with Gasteiger partial charge >= 0.3 is 0 Å². The van der Waals surface area contributed by atoms with Gasteiger partial charge in [0.15, 0.2) is 0 Å². The molecular weight excluding hydrogens is 314 g/mol. The van der Waals surface area contributed by atoms with Crippen LogP contribution in [0.5, 0.6) is 0 Å². The molecule has 0 aromatic carbocycles. The van der Waals surface area contributed by atoms with Crippen LogP contribution in [-0.4, -0.2) is 46.6 Å². The average Bonchev–Trinajstić information content (AvgIpc) is 3.32. The van der Waals surface area contributed by atoms with E-state index in [4.69, 9.17) is 0 Å². The Hall–Kier alpha value is -1.10. The first kappa shape index (κ1) is 16.4. The molecule has 130 valence electrons. The van der Waals surface area contributed by atoms with E-state index in [0.717, 1.165) is 19.1 Å². The van der Waals surface area contributed by atoms with Gasteiger partial charge in [0.25, 0.3) is 0 Å². The van der Waals surface area contributed by atoms with Crippen molar-refractivity contribution in [3.05, 3.63) is 46.4 Å². The fourth-order valence-electron chi connectivity index (χ4n) is 4.32. The largest absolute Gasteiger partial charge is 0.345 e. The number of thiophene rings is 1. The number of nitrogens with zero attached hydrogens (tertiary/aromatic N) is 3. The molecule has 4 rings (SSSR count). The molecule has 0 radical (unpaired) electrons. The highest BCUT2D eigenvalue weighted by Gasteiger charge is 2.24. The van der Waals surface area contributed by atoms with Crippen LogP contribution in [0.4, 0.5) is 0 Å². The molecular formula is C20H29N3S. The third kappa shape index (κ3) is 3.93. The minimum Gasteiger partial charge on any atom is -0.345 e. The SMILES string of the molecule is c1csc(Cn2cccc2CN2CCC[C@@H](N3CCCC3)CC2)c1. The highest BCUT2D eigenvalue weighted by Crippen LogP contribution is 2.22. The standard InChI is InChI=1S/C20H29N3S/c1-2-12-22(11-1)18-6-3-10-21(14-9-18)16-19-7-4-13-23(19)17-20-8-5-15-24-20/h4-5,7-8,13,15,18H,1-3,6,9-12,14,16-17H2/t18-/m1/s1. The van der Waals surface area contributed by atoms with Gasteiger partial charge in [-0.1, -0.05) is 6.07 Å². The quantitative estimate of drug-likeness (QED) is 0.811. The summed E-state index contributed by atoms with van der Waals surface area (Å²) < 4.78 is 2.43. The molecule has 2 aromatic heterocycles. The van der Waals surface area contributed by atoms with E-state index in [-0.39, 0.29) is 0 Å². The third-order valence-corrected chi connectivity index (χ3v) is 6.52. The van der Waals surface area contributed by atoms with Crippen molar-refractivity contribution in [1.82, 2.24) is 14.4 Å². The van der Waals surface area contributed by atoms with Crippen LogP contribution < -0.4 is 0 Å². The molecule has 2 aliphatic heterocycles. The van der Waals surface area contributed by atoms with Gasteiger partial charge in [0, 0.05) is 35.9 Å². The van der Waals surface area contributed by atoms with Crippen LogP contribution in [0.3, 0.4) is 0 Å². The van der Waals surface area contributed by atoms with Crippen molar-refractivity contribution in [1.29, 1.82) is 0 Å². The van der Waals surface area contributed by atoms with Crippen molar-refractivity contribution >= 4 is 11.3 Å². The van der Waals surface area contributed by atoms with E-state index >= 15 is 0 Å². The van der Waals surface area contributed by atoms with Crippen molar-refractivity contribution in [3.63, 3.8) is 0 Å². The van der Waals surface area contributed by atoms with E-state index in [1.54, 1.807) is 0 Å². The third-order valence-electron chi connectivity index (χ3n) is 5.66. The van der Waals surface area contributed by atoms with Gasteiger partial charge in [0.05, 0.1) is 6.54 Å². The lowest BCUT2D eigenvalue weighted by molar-refractivity contribution is 0.212. The normalized spacial score (nSPS) is 23.6. The van der Waals surface area contributed by atoms with Crippen LogP contribution in [0.1, 0.15) is 42.7 Å². The summed E-state index contributed by atoms with van der Waals surface area (Å²) in [5.74, 6) is 0. The van der Waals surface area contributed by atoms with Crippen LogP contribution in [0.2, 0.25) is 0 Å². The number of aromatic nitrogens is 1. The van der Waals surface area contributed by atoms with Gasteiger partial charge in [-0.3, -0.25) is 4.90 Å². The van der Waals surface area contributed by atoms with Crippen LogP contribution >= 0.6 is 11.3 Å². The Morgan fingerprint density at radius 3 is 2.67 bits per heavy atom. The van der Waals surface area contributed by atoms with Crippen LogP contribution in [0.15, 0.2) is 35.8 Å². The van der Waals surface area contributed by atoms with E-state index in [9.17, 15) is 0 Å². The predicted molar refractivity (Wildman–Crippen MR) is 102 cm³/mol. The summed E-state index contributed by atoms with van der Waals surface area (Å²) in [4.78, 5) is 6.87. The van der Waals surface area contributed by atoms with E-state index in [0.29, 0.717) is 0 Å². The van der Waals surface area contributed by atoms with Crippen LogP contribution in [-0.2, 0) is 13.1 Å². The Balaban J connectivity index is 1.35. The summed E-state index contributed by atoms with van der Waals surface area (Å²) in [7, 11) is 0. The fourth-order valence-corrected chi connectivity index (χ4v) is 5.02. The van der Waals surface area contributed by atoms with Gasteiger partial charge in [0.2, 0.25) is 0 Å². The molecule has 2 saturated heterocycles. The molecule has 2 fully saturated rings. The second kappa shape index (κ2) is 7.85. The Kier molecular flexibility index (Phi) is 5.36. The summed E-state index contributed by atoms with van der Waals surface area (Å²) in [6.07, 6.45) is 9.16. The first-order valence-electron chi connectivity index (χ1n) is 9.51. The van der Waals surface area contributed by atoms with Gasteiger partial charge in [-0.2, -0.15) is 0 Å². The first-order valence-corrected chi connectivity index (χ1v) is 10.4. The molecule has 0 unspecified atom stereocenters. The molecule has 2 aliphatic rings. The van der Waals surface area contributed by atoms with Crippen LogP contribution in [0, 0.1) is 0 Å². The van der Waals surface area contributed by atoms with Crippen molar-refractivity contribution in [2.24, 2.45) is 0 Å². The lowest BCUT2D eigenvalue weighted by atomic mass is 10.1. The minimum atomic E-state index is 0.843. The predicted octanol–water partition coefficient (Wildman–Crippen LogP) is 4.05. The Labute approximate surface area is 149 Å². The molecule has 1 atom stereocenters. The molecule has 0 amide bonds. The lowest BCUT2D eigenvalue weighted by Crippen LogP contribution is -2.33. The Bertz CT molecular complexity index is 613. The second-order valence-electron chi connectivity index (χ2n) is 7.31. The molecule has 3 nitrogen and oxygen atoms in total. The second-order valence-corrected chi connectivity index (χ2v) is 8.34.